The van der Waals surface area contributed by atoms with Crippen LogP contribution in [-0.4, -0.2) is 0 Å². The Bertz CT molecular complexity index is 2910. The van der Waals surface area contributed by atoms with Crippen LogP contribution in [0.3, 0.4) is 0 Å². The van der Waals surface area contributed by atoms with E-state index in [2.05, 4.69) is 158 Å². The molecule has 0 saturated heterocycles. The molecule has 1 aromatic heterocycles. The fourth-order valence-corrected chi connectivity index (χ4v) is 8.59. The molecule has 1 nitrogen and oxygen atoms in total. The van der Waals surface area contributed by atoms with Crippen LogP contribution in [0.25, 0.3) is 110 Å². The largest absolute Gasteiger partial charge is 0.456 e. The van der Waals surface area contributed by atoms with E-state index in [1.807, 2.05) is 12.1 Å². The zero-order valence-corrected chi connectivity index (χ0v) is 26.6. The minimum absolute atomic E-state index is 0.912. The monoisotopic (exact) mass is 620 g/mol. The van der Waals surface area contributed by atoms with Crippen LogP contribution in [0.1, 0.15) is 0 Å². The van der Waals surface area contributed by atoms with Gasteiger partial charge in [-0.25, -0.2) is 0 Å². The Morgan fingerprint density at radius 1 is 0.265 bits per heavy atom. The molecule has 0 amide bonds. The maximum atomic E-state index is 6.37. The highest BCUT2D eigenvalue weighted by molar-refractivity contribution is 6.24. The van der Waals surface area contributed by atoms with E-state index in [-0.39, 0.29) is 0 Å². The summed E-state index contributed by atoms with van der Waals surface area (Å²) in [5.74, 6) is 0. The molecule has 0 N–H and O–H groups in total. The zero-order chi connectivity index (χ0) is 32.1. The average molecular weight is 621 g/mol. The highest BCUT2D eigenvalue weighted by atomic mass is 16.3. The van der Waals surface area contributed by atoms with Gasteiger partial charge in [-0.2, -0.15) is 0 Å². The summed E-state index contributed by atoms with van der Waals surface area (Å²) in [6.45, 7) is 0. The molecule has 0 radical (unpaired) electrons. The summed E-state index contributed by atoms with van der Waals surface area (Å²) in [5, 5.41) is 9.89. The molecule has 1 heterocycles. The van der Waals surface area contributed by atoms with Crippen LogP contribution in [0.2, 0.25) is 0 Å². The lowest BCUT2D eigenvalue weighted by molar-refractivity contribution is 0.669. The lowest BCUT2D eigenvalue weighted by atomic mass is 9.83. The Morgan fingerprint density at radius 2 is 0.735 bits per heavy atom. The van der Waals surface area contributed by atoms with Gasteiger partial charge in [0.25, 0.3) is 0 Å². The third-order valence-corrected chi connectivity index (χ3v) is 10.6. The predicted octanol–water partition coefficient (Wildman–Crippen LogP) is 13.7. The topological polar surface area (TPSA) is 13.1 Å². The Morgan fingerprint density at radius 3 is 1.43 bits per heavy atom. The molecule has 11 rings (SSSR count). The lowest BCUT2D eigenvalue weighted by Gasteiger charge is -2.20. The van der Waals surface area contributed by atoms with Gasteiger partial charge in [-0.3, -0.25) is 0 Å². The van der Waals surface area contributed by atoms with Crippen molar-refractivity contribution in [1.29, 1.82) is 0 Å². The molecule has 9 aromatic carbocycles. The summed E-state index contributed by atoms with van der Waals surface area (Å²) >= 11 is 0. The van der Waals surface area contributed by atoms with Gasteiger partial charge in [0.2, 0.25) is 0 Å². The van der Waals surface area contributed by atoms with Crippen molar-refractivity contribution in [2.45, 2.75) is 0 Å². The van der Waals surface area contributed by atoms with Gasteiger partial charge in [0.15, 0.2) is 0 Å². The molecule has 0 spiro atoms. The highest BCUT2D eigenvalue weighted by Crippen LogP contribution is 2.51. The van der Waals surface area contributed by atoms with E-state index in [0.717, 1.165) is 27.5 Å². The van der Waals surface area contributed by atoms with Crippen molar-refractivity contribution in [3.8, 4) is 55.6 Å². The molecule has 0 aliphatic heterocycles. The number of para-hydroxylation sites is 1. The quantitative estimate of drug-likeness (QED) is 0.179. The minimum Gasteiger partial charge on any atom is -0.456 e. The third-order valence-electron chi connectivity index (χ3n) is 10.6. The van der Waals surface area contributed by atoms with Crippen LogP contribution in [0, 0.1) is 0 Å². The standard InChI is InChI=1S/C48H28O/c1-2-13-31-30(12-1)37-21-11-22-38-33(26-27-43(31)47(37)38)32-14-3-4-16-36(32)48-41-19-7-5-17-39(41)46(40-18-6-8-20-42(40)48)29-24-25-35-34-15-9-10-23-44(34)49-45(35)28-29/h1-28H. The summed E-state index contributed by atoms with van der Waals surface area (Å²) in [4.78, 5) is 0. The number of benzene rings is 9. The van der Waals surface area contributed by atoms with Crippen molar-refractivity contribution >= 4 is 54.3 Å². The maximum Gasteiger partial charge on any atom is 0.136 e. The third kappa shape index (κ3) is 3.70. The Hall–Kier alpha value is -6.44. The number of furan rings is 1. The number of rotatable bonds is 3. The smallest absolute Gasteiger partial charge is 0.136 e. The van der Waals surface area contributed by atoms with Gasteiger partial charge in [-0.15, -0.1) is 0 Å². The van der Waals surface area contributed by atoms with E-state index in [1.54, 1.807) is 0 Å². The molecular weight excluding hydrogens is 593 g/mol. The van der Waals surface area contributed by atoms with E-state index in [1.165, 1.54) is 82.4 Å². The Balaban J connectivity index is 1.19. The Kier molecular flexibility index (Phi) is 5.45. The molecule has 0 unspecified atom stereocenters. The normalized spacial score (nSPS) is 12.1. The van der Waals surface area contributed by atoms with Gasteiger partial charge in [-0.05, 0) is 106 Å². The van der Waals surface area contributed by atoms with Crippen molar-refractivity contribution < 1.29 is 4.42 Å². The second-order valence-corrected chi connectivity index (χ2v) is 13.1. The summed E-state index contributed by atoms with van der Waals surface area (Å²) < 4.78 is 6.37. The van der Waals surface area contributed by atoms with E-state index in [0.29, 0.717) is 0 Å². The molecule has 49 heavy (non-hydrogen) atoms. The van der Waals surface area contributed by atoms with Crippen molar-refractivity contribution in [3.63, 3.8) is 0 Å². The van der Waals surface area contributed by atoms with E-state index in [4.69, 9.17) is 4.42 Å². The molecule has 0 atom stereocenters. The van der Waals surface area contributed by atoms with Crippen LogP contribution in [-0.2, 0) is 0 Å². The summed E-state index contributed by atoms with van der Waals surface area (Å²) in [6.07, 6.45) is 0. The van der Waals surface area contributed by atoms with Crippen LogP contribution >= 0.6 is 0 Å². The molecule has 1 aliphatic rings. The first-order valence-corrected chi connectivity index (χ1v) is 16.9. The van der Waals surface area contributed by atoms with Gasteiger partial charge in [-0.1, -0.05) is 152 Å². The van der Waals surface area contributed by atoms with Gasteiger partial charge in [0, 0.05) is 10.8 Å². The van der Waals surface area contributed by atoms with Crippen molar-refractivity contribution in [2.75, 3.05) is 0 Å². The minimum atomic E-state index is 0.912. The van der Waals surface area contributed by atoms with Gasteiger partial charge < -0.3 is 4.42 Å². The second kappa shape index (κ2) is 10.0. The first-order chi connectivity index (χ1) is 24.3. The fourth-order valence-electron chi connectivity index (χ4n) is 8.59. The summed E-state index contributed by atoms with van der Waals surface area (Å²) in [5.41, 5.74) is 14.5. The number of fused-ring (bicyclic) bond motifs is 8. The molecule has 0 fully saturated rings. The van der Waals surface area contributed by atoms with Gasteiger partial charge in [0.05, 0.1) is 0 Å². The van der Waals surface area contributed by atoms with Crippen LogP contribution in [0.5, 0.6) is 0 Å². The van der Waals surface area contributed by atoms with Crippen molar-refractivity contribution in [1.82, 2.24) is 0 Å². The molecular formula is C48H28O. The molecule has 1 aliphatic carbocycles. The summed E-state index contributed by atoms with van der Waals surface area (Å²) in [7, 11) is 0. The molecule has 0 saturated carbocycles. The van der Waals surface area contributed by atoms with Gasteiger partial charge >= 0.3 is 0 Å². The lowest BCUT2D eigenvalue weighted by Crippen LogP contribution is -1.93. The maximum absolute atomic E-state index is 6.37. The molecule has 0 bridgehead atoms. The first-order valence-electron chi connectivity index (χ1n) is 16.9. The van der Waals surface area contributed by atoms with E-state index in [9.17, 15) is 0 Å². The molecule has 1 heteroatoms. The number of hydrogen-bond acceptors (Lipinski definition) is 1. The van der Waals surface area contributed by atoms with Crippen molar-refractivity contribution in [2.24, 2.45) is 0 Å². The second-order valence-electron chi connectivity index (χ2n) is 13.1. The van der Waals surface area contributed by atoms with E-state index < -0.39 is 0 Å². The predicted molar refractivity (Wildman–Crippen MR) is 207 cm³/mol. The fraction of sp³-hybridized carbons (Fsp3) is 0. The molecule has 10 aromatic rings. The zero-order valence-electron chi connectivity index (χ0n) is 26.6. The highest BCUT2D eigenvalue weighted by Gasteiger charge is 2.24. The first kappa shape index (κ1) is 26.6. The van der Waals surface area contributed by atoms with Crippen LogP contribution in [0.4, 0.5) is 0 Å². The Labute approximate surface area is 283 Å². The SMILES string of the molecule is c1ccc(-c2ccc3c4c(cccc24)-c2ccccc2-3)c(-c2c3ccccc3c(-c3ccc4c(c3)oc3ccccc34)c3ccccc23)c1. The summed E-state index contributed by atoms with van der Waals surface area (Å²) in [6, 6.07) is 62.0. The van der Waals surface area contributed by atoms with Gasteiger partial charge in [0.1, 0.15) is 11.2 Å². The number of hydrogen-bond donors (Lipinski definition) is 0. The van der Waals surface area contributed by atoms with Crippen LogP contribution < -0.4 is 0 Å². The molecule has 226 valence electrons. The average Bonchev–Trinajstić information content (AvgIpc) is 3.70. The van der Waals surface area contributed by atoms with Crippen LogP contribution in [0.15, 0.2) is 174 Å². The van der Waals surface area contributed by atoms with Crippen molar-refractivity contribution in [3.05, 3.63) is 170 Å². The van der Waals surface area contributed by atoms with E-state index >= 15 is 0 Å².